The maximum Gasteiger partial charge on any atom is 2.00 e. The molecule has 0 saturated heterocycles. The molecule has 7 heteroatoms. The van der Waals surface area contributed by atoms with Crippen LogP contribution in [0.2, 0.25) is 0 Å². The number of hydrogen-bond donors (Lipinski definition) is 1. The molecule has 2 rings (SSSR count). The van der Waals surface area contributed by atoms with Gasteiger partial charge in [-0.2, -0.15) is 11.8 Å². The van der Waals surface area contributed by atoms with Crippen LogP contribution in [0.5, 0.6) is 0 Å². The molecular formula is C21H31Cl2NP2RuS+2. The Morgan fingerprint density at radius 3 is 1.75 bits per heavy atom. The zero-order valence-electron chi connectivity index (χ0n) is 16.8. The second-order valence-corrected chi connectivity index (χ2v) is 13.9. The predicted octanol–water partition coefficient (Wildman–Crippen LogP) is 5.95. The first-order valence-electron chi connectivity index (χ1n) is 9.17. The van der Waals surface area contributed by atoms with Crippen LogP contribution in [-0.4, -0.2) is 48.7 Å². The summed E-state index contributed by atoms with van der Waals surface area (Å²) in [5.41, 5.74) is 0. The molecular weight excluding hydrogens is 532 g/mol. The van der Waals surface area contributed by atoms with Gasteiger partial charge in [0.25, 0.3) is 0 Å². The molecule has 0 amide bonds. The Balaban J connectivity index is 0.000000910. The Kier molecular flexibility index (Phi) is 19.1. The second kappa shape index (κ2) is 18.6. The van der Waals surface area contributed by atoms with Crippen molar-refractivity contribution in [2.75, 3.05) is 44.1 Å². The van der Waals surface area contributed by atoms with E-state index in [9.17, 15) is 0 Å². The van der Waals surface area contributed by atoms with E-state index in [1.54, 1.807) is 0 Å². The molecule has 0 aliphatic heterocycles. The van der Waals surface area contributed by atoms with Crippen LogP contribution in [0.15, 0.2) is 60.7 Å². The van der Waals surface area contributed by atoms with Crippen molar-refractivity contribution >= 4 is 61.4 Å². The van der Waals surface area contributed by atoms with Gasteiger partial charge in [0.1, 0.15) is 4.58 Å². The fraction of sp³-hybridized carbons (Fsp3) is 0.429. The molecule has 0 bridgehead atoms. The maximum absolute atomic E-state index is 5.41. The van der Waals surface area contributed by atoms with Crippen molar-refractivity contribution in [2.45, 2.75) is 11.5 Å². The van der Waals surface area contributed by atoms with Crippen LogP contribution in [0, 0.1) is 0 Å². The first-order valence-corrected chi connectivity index (χ1v) is 15.0. The number of halogens is 2. The molecule has 0 saturated carbocycles. The fourth-order valence-electron chi connectivity index (χ4n) is 2.23. The molecule has 0 atom stereocenters. The van der Waals surface area contributed by atoms with Gasteiger partial charge in [-0.3, -0.25) is 0 Å². The van der Waals surface area contributed by atoms with Crippen LogP contribution in [0.1, 0.15) is 6.92 Å². The Morgan fingerprint density at radius 2 is 1.36 bits per heavy atom. The molecule has 28 heavy (non-hydrogen) atoms. The summed E-state index contributed by atoms with van der Waals surface area (Å²) in [5, 5.41) is 6.54. The average molecular weight is 563 g/mol. The number of benzene rings is 2. The molecule has 0 radical (unpaired) electrons. The van der Waals surface area contributed by atoms with E-state index in [0.29, 0.717) is 0 Å². The summed E-state index contributed by atoms with van der Waals surface area (Å²) in [6, 6.07) is 21.9. The van der Waals surface area contributed by atoms with E-state index in [0.717, 1.165) is 13.1 Å². The van der Waals surface area contributed by atoms with Gasteiger partial charge in [0.15, 0.2) is 0 Å². The topological polar surface area (TPSA) is 12.0 Å². The summed E-state index contributed by atoms with van der Waals surface area (Å²) in [6.07, 6.45) is 1.21. The Labute approximate surface area is 201 Å². The van der Waals surface area contributed by atoms with Crippen LogP contribution in [-0.2, 0) is 19.5 Å². The summed E-state index contributed by atoms with van der Waals surface area (Å²) in [7, 11) is -0.373. The second-order valence-electron chi connectivity index (χ2n) is 6.01. The van der Waals surface area contributed by atoms with Crippen LogP contribution < -0.4 is 15.9 Å². The smallest absolute Gasteiger partial charge is 0.316 e. The largest absolute Gasteiger partial charge is 2.00 e. The van der Waals surface area contributed by atoms with Gasteiger partial charge in [-0.15, -0.1) is 23.2 Å². The third-order valence-electron chi connectivity index (χ3n) is 3.67. The van der Waals surface area contributed by atoms with E-state index in [-0.39, 0.29) is 39.9 Å². The van der Waals surface area contributed by atoms with Crippen molar-refractivity contribution in [3.05, 3.63) is 60.7 Å². The van der Waals surface area contributed by atoms with Gasteiger partial charge in [-0.25, -0.2) is 0 Å². The standard InChI is InChI=1S/C18H24NPS.C3H7Cl2P.Ru/c1-2-21-16-14-19-13-15-20(17-9-5-3-6-10-17)18-11-7-4-8-12-18;1-6(2)3(4)5;/h3-12,19H,2,13-16H2,1H3;3H,1-2H3;/q;;+2. The predicted molar refractivity (Wildman–Crippen MR) is 134 cm³/mol. The summed E-state index contributed by atoms with van der Waals surface area (Å²) < 4.78 is -0.139. The zero-order chi connectivity index (χ0) is 19.9. The monoisotopic (exact) mass is 563 g/mol. The molecule has 1 N–H and O–H groups in total. The van der Waals surface area contributed by atoms with E-state index in [1.165, 1.54) is 28.3 Å². The molecule has 0 aliphatic rings. The van der Waals surface area contributed by atoms with E-state index in [1.807, 2.05) is 25.1 Å². The maximum atomic E-state index is 5.41. The van der Waals surface area contributed by atoms with Crippen molar-refractivity contribution in [2.24, 2.45) is 0 Å². The third-order valence-corrected chi connectivity index (χ3v) is 10.2. The van der Waals surface area contributed by atoms with E-state index in [4.69, 9.17) is 23.2 Å². The molecule has 0 aliphatic carbocycles. The number of nitrogens with one attached hydrogen (secondary N) is 1. The van der Waals surface area contributed by atoms with Crippen molar-refractivity contribution in [3.8, 4) is 0 Å². The van der Waals surface area contributed by atoms with Gasteiger partial charge in [0, 0.05) is 12.3 Å². The summed E-state index contributed by atoms with van der Waals surface area (Å²) >= 11 is 12.8. The van der Waals surface area contributed by atoms with Crippen LogP contribution >= 0.6 is 50.8 Å². The van der Waals surface area contributed by atoms with Gasteiger partial charge in [-0.05, 0) is 50.3 Å². The SMILES string of the molecule is CCSCCNCCP(c1ccccc1)c1ccccc1.CP(C)C(Cl)Cl.[Ru+2]. The van der Waals surface area contributed by atoms with Crippen LogP contribution in [0.4, 0.5) is 0 Å². The normalized spacial score (nSPS) is 10.6. The Bertz CT molecular complexity index is 546. The third kappa shape index (κ3) is 13.2. The number of thioether (sulfide) groups is 1. The Morgan fingerprint density at radius 1 is 0.893 bits per heavy atom. The van der Waals surface area contributed by atoms with Crippen LogP contribution in [0.25, 0.3) is 0 Å². The molecule has 1 nitrogen and oxygen atoms in total. The zero-order valence-corrected chi connectivity index (χ0v) is 22.7. The van der Waals surface area contributed by atoms with Gasteiger partial charge in [0.2, 0.25) is 0 Å². The van der Waals surface area contributed by atoms with Crippen molar-refractivity contribution in [1.29, 1.82) is 0 Å². The first kappa shape index (κ1) is 28.8. The molecule has 0 heterocycles. The quantitative estimate of drug-likeness (QED) is 0.166. The first-order chi connectivity index (χ1) is 13.1. The van der Waals surface area contributed by atoms with Gasteiger partial charge in [0.05, 0.1) is 0 Å². The van der Waals surface area contributed by atoms with E-state index in [2.05, 4.69) is 72.9 Å². The molecule has 0 fully saturated rings. The van der Waals surface area contributed by atoms with Crippen molar-refractivity contribution in [1.82, 2.24) is 5.32 Å². The number of hydrogen-bond acceptors (Lipinski definition) is 2. The van der Waals surface area contributed by atoms with E-state index >= 15 is 0 Å². The van der Waals surface area contributed by atoms with Gasteiger partial charge in [-0.1, -0.05) is 75.5 Å². The van der Waals surface area contributed by atoms with E-state index < -0.39 is 0 Å². The van der Waals surface area contributed by atoms with Crippen molar-refractivity contribution < 1.29 is 19.5 Å². The summed E-state index contributed by atoms with van der Waals surface area (Å²) in [6.45, 7) is 8.51. The van der Waals surface area contributed by atoms with Gasteiger partial charge >= 0.3 is 19.5 Å². The molecule has 156 valence electrons. The molecule has 0 aromatic heterocycles. The van der Waals surface area contributed by atoms with Crippen molar-refractivity contribution in [3.63, 3.8) is 0 Å². The fourth-order valence-corrected chi connectivity index (χ4v) is 5.07. The molecule has 2 aromatic carbocycles. The Hall–Kier alpha value is 0.813. The number of rotatable bonds is 10. The minimum Gasteiger partial charge on any atom is -0.316 e. The van der Waals surface area contributed by atoms with Gasteiger partial charge < -0.3 is 5.32 Å². The molecule has 0 spiro atoms. The minimum absolute atomic E-state index is 0. The minimum atomic E-state index is -0.245. The average Bonchev–Trinajstić information content (AvgIpc) is 2.69. The molecule has 0 unspecified atom stereocenters. The number of alkyl halides is 2. The van der Waals surface area contributed by atoms with Crippen LogP contribution in [0.3, 0.4) is 0 Å². The summed E-state index contributed by atoms with van der Waals surface area (Å²) in [4.78, 5) is 0. The molecule has 2 aromatic rings. The summed E-state index contributed by atoms with van der Waals surface area (Å²) in [5.74, 6) is 2.42.